The first-order valence-corrected chi connectivity index (χ1v) is 6.87. The summed E-state index contributed by atoms with van der Waals surface area (Å²) in [5, 5.41) is 6.64. The molecular weight excluding hydrogens is 230 g/mol. The van der Waals surface area contributed by atoms with Crippen molar-refractivity contribution in [2.75, 3.05) is 32.7 Å². The SMILES string of the molecule is CC(C)(C)OC(=O)N1CCNCC1CC1CNC1. The first-order valence-electron chi connectivity index (χ1n) is 6.87. The second-order valence-corrected chi connectivity index (χ2v) is 6.29. The van der Waals surface area contributed by atoms with Crippen molar-refractivity contribution in [3.8, 4) is 0 Å². The Balaban J connectivity index is 1.91. The molecule has 0 radical (unpaired) electrons. The van der Waals surface area contributed by atoms with Crippen LogP contribution in [0.15, 0.2) is 0 Å². The normalized spacial score (nSPS) is 25.7. The third-order valence-electron chi connectivity index (χ3n) is 3.45. The van der Waals surface area contributed by atoms with Gasteiger partial charge in [0.15, 0.2) is 0 Å². The van der Waals surface area contributed by atoms with Crippen molar-refractivity contribution in [2.45, 2.75) is 38.8 Å². The highest BCUT2D eigenvalue weighted by molar-refractivity contribution is 5.68. The van der Waals surface area contributed by atoms with Crippen LogP contribution < -0.4 is 10.6 Å². The standard InChI is InChI=1S/C13H25N3O2/c1-13(2,3)18-12(17)16-5-4-14-9-11(16)6-10-7-15-8-10/h10-11,14-15H,4-9H2,1-3H3. The highest BCUT2D eigenvalue weighted by atomic mass is 16.6. The van der Waals surface area contributed by atoms with Crippen LogP contribution >= 0.6 is 0 Å². The number of hydrogen-bond acceptors (Lipinski definition) is 4. The van der Waals surface area contributed by atoms with Crippen LogP contribution in [0.25, 0.3) is 0 Å². The molecule has 0 aromatic carbocycles. The number of carbonyl (C=O) groups is 1. The van der Waals surface area contributed by atoms with E-state index in [4.69, 9.17) is 4.74 Å². The van der Waals surface area contributed by atoms with E-state index in [1.165, 1.54) is 0 Å². The minimum absolute atomic E-state index is 0.165. The van der Waals surface area contributed by atoms with Gasteiger partial charge in [0, 0.05) is 25.7 Å². The van der Waals surface area contributed by atoms with Crippen LogP contribution in [0.3, 0.4) is 0 Å². The summed E-state index contributed by atoms with van der Waals surface area (Å²) >= 11 is 0. The number of piperazine rings is 1. The summed E-state index contributed by atoms with van der Waals surface area (Å²) in [6.45, 7) is 10.4. The summed E-state index contributed by atoms with van der Waals surface area (Å²) in [6, 6.07) is 0.278. The molecule has 2 aliphatic rings. The van der Waals surface area contributed by atoms with Crippen LogP contribution in [0.1, 0.15) is 27.2 Å². The summed E-state index contributed by atoms with van der Waals surface area (Å²) in [5.41, 5.74) is -0.412. The summed E-state index contributed by atoms with van der Waals surface area (Å²) in [6.07, 6.45) is 0.903. The first-order chi connectivity index (χ1) is 8.46. The lowest BCUT2D eigenvalue weighted by molar-refractivity contribution is 0.00831. The molecule has 0 aliphatic carbocycles. The van der Waals surface area contributed by atoms with Gasteiger partial charge in [-0.15, -0.1) is 0 Å². The fourth-order valence-corrected chi connectivity index (χ4v) is 2.43. The Morgan fingerprint density at radius 3 is 2.56 bits per heavy atom. The number of nitrogens with zero attached hydrogens (tertiary/aromatic N) is 1. The zero-order valence-electron chi connectivity index (χ0n) is 11.7. The largest absolute Gasteiger partial charge is 0.444 e. The van der Waals surface area contributed by atoms with Crippen LogP contribution in [-0.2, 0) is 4.74 Å². The van der Waals surface area contributed by atoms with Crippen molar-refractivity contribution >= 4 is 6.09 Å². The van der Waals surface area contributed by atoms with E-state index in [1.807, 2.05) is 25.7 Å². The number of rotatable bonds is 2. The third-order valence-corrected chi connectivity index (χ3v) is 3.45. The van der Waals surface area contributed by atoms with Crippen LogP contribution in [-0.4, -0.2) is 55.4 Å². The second kappa shape index (κ2) is 5.45. The van der Waals surface area contributed by atoms with Gasteiger partial charge >= 0.3 is 6.09 Å². The van der Waals surface area contributed by atoms with Crippen LogP contribution in [0.4, 0.5) is 4.79 Å². The first kappa shape index (κ1) is 13.6. The van der Waals surface area contributed by atoms with Gasteiger partial charge in [0.05, 0.1) is 0 Å². The molecule has 0 aromatic rings. The lowest BCUT2D eigenvalue weighted by Gasteiger charge is -2.40. The molecule has 2 aliphatic heterocycles. The summed E-state index contributed by atoms with van der Waals surface area (Å²) in [4.78, 5) is 14.1. The number of hydrogen-bond donors (Lipinski definition) is 2. The predicted octanol–water partition coefficient (Wildman–Crippen LogP) is 0.805. The molecule has 1 unspecified atom stereocenters. The second-order valence-electron chi connectivity index (χ2n) is 6.29. The molecule has 1 atom stereocenters. The van der Waals surface area contributed by atoms with E-state index in [-0.39, 0.29) is 12.1 Å². The van der Waals surface area contributed by atoms with Gasteiger partial charge in [-0.2, -0.15) is 0 Å². The lowest BCUT2D eigenvalue weighted by Crippen LogP contribution is -2.57. The van der Waals surface area contributed by atoms with Gasteiger partial charge in [-0.25, -0.2) is 4.79 Å². The Labute approximate surface area is 109 Å². The van der Waals surface area contributed by atoms with Gasteiger partial charge in [-0.3, -0.25) is 0 Å². The van der Waals surface area contributed by atoms with Gasteiger partial charge in [0.2, 0.25) is 0 Å². The summed E-state index contributed by atoms with van der Waals surface area (Å²) in [7, 11) is 0. The van der Waals surface area contributed by atoms with Crippen LogP contribution in [0.5, 0.6) is 0 Å². The van der Waals surface area contributed by atoms with Gasteiger partial charge in [0.25, 0.3) is 0 Å². The number of amides is 1. The molecule has 1 amide bonds. The quantitative estimate of drug-likeness (QED) is 0.766. The Morgan fingerprint density at radius 1 is 1.28 bits per heavy atom. The summed E-state index contributed by atoms with van der Waals surface area (Å²) in [5.74, 6) is 0.708. The molecule has 0 aromatic heterocycles. The molecule has 0 bridgehead atoms. The predicted molar refractivity (Wildman–Crippen MR) is 70.6 cm³/mol. The van der Waals surface area contributed by atoms with Gasteiger partial charge in [0.1, 0.15) is 5.60 Å². The average Bonchev–Trinajstić information content (AvgIpc) is 2.21. The fourth-order valence-electron chi connectivity index (χ4n) is 2.43. The third kappa shape index (κ3) is 3.59. The van der Waals surface area contributed by atoms with Gasteiger partial charge in [-0.1, -0.05) is 0 Å². The topological polar surface area (TPSA) is 53.6 Å². The molecule has 5 nitrogen and oxygen atoms in total. The number of carbonyl (C=O) groups excluding carboxylic acids is 1. The maximum Gasteiger partial charge on any atom is 0.410 e. The summed E-state index contributed by atoms with van der Waals surface area (Å²) < 4.78 is 5.48. The molecule has 2 N–H and O–H groups in total. The molecule has 2 saturated heterocycles. The molecule has 2 rings (SSSR count). The molecular formula is C13H25N3O2. The van der Waals surface area contributed by atoms with E-state index < -0.39 is 5.60 Å². The van der Waals surface area contributed by atoms with Crippen molar-refractivity contribution in [3.63, 3.8) is 0 Å². The molecule has 0 spiro atoms. The van der Waals surface area contributed by atoms with E-state index in [0.717, 1.165) is 39.1 Å². The Hall–Kier alpha value is -0.810. The maximum atomic E-state index is 12.2. The fraction of sp³-hybridized carbons (Fsp3) is 0.923. The average molecular weight is 255 g/mol. The van der Waals surface area contributed by atoms with Crippen LogP contribution in [0.2, 0.25) is 0 Å². The van der Waals surface area contributed by atoms with Gasteiger partial charge in [-0.05, 0) is 46.2 Å². The van der Waals surface area contributed by atoms with Crippen molar-refractivity contribution in [1.29, 1.82) is 0 Å². The number of nitrogens with one attached hydrogen (secondary N) is 2. The highest BCUT2D eigenvalue weighted by Gasteiger charge is 2.33. The maximum absolute atomic E-state index is 12.2. The lowest BCUT2D eigenvalue weighted by atomic mass is 9.93. The van der Waals surface area contributed by atoms with E-state index in [9.17, 15) is 4.79 Å². The van der Waals surface area contributed by atoms with Crippen molar-refractivity contribution < 1.29 is 9.53 Å². The molecule has 5 heteroatoms. The minimum Gasteiger partial charge on any atom is -0.444 e. The molecule has 2 fully saturated rings. The Morgan fingerprint density at radius 2 is 2.00 bits per heavy atom. The smallest absolute Gasteiger partial charge is 0.410 e. The van der Waals surface area contributed by atoms with E-state index in [0.29, 0.717) is 5.92 Å². The van der Waals surface area contributed by atoms with Crippen molar-refractivity contribution in [3.05, 3.63) is 0 Å². The van der Waals surface area contributed by atoms with E-state index in [1.54, 1.807) is 0 Å². The van der Waals surface area contributed by atoms with Crippen molar-refractivity contribution in [1.82, 2.24) is 15.5 Å². The zero-order chi connectivity index (χ0) is 13.2. The Bertz CT molecular complexity index is 297. The Kier molecular flexibility index (Phi) is 4.12. The van der Waals surface area contributed by atoms with Crippen LogP contribution in [0, 0.1) is 5.92 Å². The molecule has 2 heterocycles. The van der Waals surface area contributed by atoms with Crippen molar-refractivity contribution in [2.24, 2.45) is 5.92 Å². The molecule has 0 saturated carbocycles. The molecule has 104 valence electrons. The van der Waals surface area contributed by atoms with Gasteiger partial charge < -0.3 is 20.3 Å². The number of ether oxygens (including phenoxy) is 1. The zero-order valence-corrected chi connectivity index (χ0v) is 11.7. The molecule has 18 heavy (non-hydrogen) atoms. The minimum atomic E-state index is -0.412. The van der Waals surface area contributed by atoms with E-state index >= 15 is 0 Å². The monoisotopic (exact) mass is 255 g/mol. The highest BCUT2D eigenvalue weighted by Crippen LogP contribution is 2.19. The van der Waals surface area contributed by atoms with E-state index in [2.05, 4.69) is 10.6 Å².